The summed E-state index contributed by atoms with van der Waals surface area (Å²) in [5.41, 5.74) is 2.37. The summed E-state index contributed by atoms with van der Waals surface area (Å²) >= 11 is 1.87. The lowest BCUT2D eigenvalue weighted by Crippen LogP contribution is -2.15. The maximum absolute atomic E-state index is 12.0. The normalized spacial score (nSPS) is 23.3. The van der Waals surface area contributed by atoms with Gasteiger partial charge in [-0.2, -0.15) is 0 Å². The van der Waals surface area contributed by atoms with Crippen LogP contribution < -0.4 is 0 Å². The molecule has 1 aliphatic rings. The Hall–Kier alpha value is -1.68. The van der Waals surface area contributed by atoms with E-state index in [0.717, 1.165) is 0 Å². The quantitative estimate of drug-likeness (QED) is 0.839. The van der Waals surface area contributed by atoms with Gasteiger partial charge in [0.1, 0.15) is 5.78 Å². The molecule has 96 valence electrons. The molecule has 3 nitrogen and oxygen atoms in total. The second-order valence-corrected chi connectivity index (χ2v) is 6.03. The van der Waals surface area contributed by atoms with Crippen LogP contribution >= 0.6 is 11.8 Å². The van der Waals surface area contributed by atoms with Gasteiger partial charge in [0.05, 0.1) is 0 Å². The van der Waals surface area contributed by atoms with Gasteiger partial charge in [-0.3, -0.25) is 14.8 Å². The van der Waals surface area contributed by atoms with E-state index in [9.17, 15) is 4.79 Å². The largest absolute Gasteiger partial charge is 0.300 e. The van der Waals surface area contributed by atoms with E-state index >= 15 is 0 Å². The second kappa shape index (κ2) is 5.53. The van der Waals surface area contributed by atoms with E-state index in [1.165, 1.54) is 11.1 Å². The number of carbonyl (C=O) groups excluding carboxylic acids is 1. The molecule has 0 aliphatic carbocycles. The van der Waals surface area contributed by atoms with Crippen molar-refractivity contribution in [3.05, 3.63) is 60.2 Å². The molecule has 0 spiro atoms. The molecule has 0 saturated carbocycles. The van der Waals surface area contributed by atoms with Crippen LogP contribution in [0.2, 0.25) is 0 Å². The third-order valence-corrected chi connectivity index (χ3v) is 4.85. The first-order valence-corrected chi connectivity index (χ1v) is 7.24. The number of thioether (sulfide) groups is 1. The van der Waals surface area contributed by atoms with Crippen molar-refractivity contribution in [1.82, 2.24) is 9.97 Å². The number of Topliss-reactive ketones (excluding diaryl/α,β-unsaturated/α-hetero) is 1. The Morgan fingerprint density at radius 3 is 1.68 bits per heavy atom. The molecule has 2 aromatic rings. The van der Waals surface area contributed by atoms with Crippen molar-refractivity contribution >= 4 is 17.5 Å². The zero-order valence-corrected chi connectivity index (χ0v) is 11.2. The Morgan fingerprint density at radius 2 is 1.26 bits per heavy atom. The molecular formula is C15H14N2OS. The number of pyridine rings is 2. The summed E-state index contributed by atoms with van der Waals surface area (Å²) in [6, 6.07) is 8.00. The number of ketones is 1. The summed E-state index contributed by atoms with van der Waals surface area (Å²) < 4.78 is 0. The van der Waals surface area contributed by atoms with Crippen LogP contribution in [0.4, 0.5) is 0 Å². The zero-order valence-electron chi connectivity index (χ0n) is 10.4. The number of carbonyl (C=O) groups is 1. The van der Waals surface area contributed by atoms with Crippen LogP contribution in [0.3, 0.4) is 0 Å². The smallest absolute Gasteiger partial charge is 0.135 e. The number of hydrogen-bond donors (Lipinski definition) is 0. The molecule has 0 bridgehead atoms. The van der Waals surface area contributed by atoms with Gasteiger partial charge >= 0.3 is 0 Å². The zero-order chi connectivity index (χ0) is 13.1. The molecule has 1 aliphatic heterocycles. The molecule has 19 heavy (non-hydrogen) atoms. The van der Waals surface area contributed by atoms with Crippen LogP contribution in [0.1, 0.15) is 34.5 Å². The average Bonchev–Trinajstić information content (AvgIpc) is 2.48. The molecule has 1 saturated heterocycles. The van der Waals surface area contributed by atoms with Crippen molar-refractivity contribution in [1.29, 1.82) is 0 Å². The lowest BCUT2D eigenvalue weighted by Gasteiger charge is -2.28. The van der Waals surface area contributed by atoms with Gasteiger partial charge in [-0.25, -0.2) is 0 Å². The van der Waals surface area contributed by atoms with E-state index in [1.807, 2.05) is 36.0 Å². The third-order valence-electron chi connectivity index (χ3n) is 3.31. The standard InChI is InChI=1S/C15H14N2OS/c18-13-9-14(11-1-5-16-6-2-11)19-15(10-13)12-3-7-17-8-4-12/h1-8,14-15H,9-10H2/t14-,15-/m1/s1. The Balaban J connectivity index is 1.84. The van der Waals surface area contributed by atoms with E-state index in [4.69, 9.17) is 0 Å². The summed E-state index contributed by atoms with van der Waals surface area (Å²) in [6.45, 7) is 0. The van der Waals surface area contributed by atoms with Gasteiger partial charge < -0.3 is 0 Å². The van der Waals surface area contributed by atoms with Gasteiger partial charge in [0.25, 0.3) is 0 Å². The van der Waals surface area contributed by atoms with Gasteiger partial charge in [0.15, 0.2) is 0 Å². The monoisotopic (exact) mass is 270 g/mol. The summed E-state index contributed by atoms with van der Waals surface area (Å²) in [6.07, 6.45) is 8.40. The highest BCUT2D eigenvalue weighted by molar-refractivity contribution is 7.99. The SMILES string of the molecule is O=C1C[C@H](c2ccncc2)S[C@@H](c2ccncc2)C1. The second-order valence-electron chi connectivity index (χ2n) is 4.62. The maximum Gasteiger partial charge on any atom is 0.135 e. The van der Waals surface area contributed by atoms with Gasteiger partial charge in [0, 0.05) is 48.1 Å². The lowest BCUT2D eigenvalue weighted by molar-refractivity contribution is -0.119. The van der Waals surface area contributed by atoms with E-state index < -0.39 is 0 Å². The van der Waals surface area contributed by atoms with E-state index in [2.05, 4.69) is 9.97 Å². The first-order valence-electron chi connectivity index (χ1n) is 6.30. The van der Waals surface area contributed by atoms with Gasteiger partial charge in [-0.1, -0.05) is 0 Å². The van der Waals surface area contributed by atoms with Gasteiger partial charge in [0.2, 0.25) is 0 Å². The molecule has 2 aromatic heterocycles. The van der Waals surface area contributed by atoms with Crippen molar-refractivity contribution in [2.45, 2.75) is 23.3 Å². The summed E-state index contributed by atoms with van der Waals surface area (Å²) in [5.74, 6) is 0.336. The molecule has 0 unspecified atom stereocenters. The fourth-order valence-corrected chi connectivity index (χ4v) is 3.93. The summed E-state index contributed by atoms with van der Waals surface area (Å²) in [7, 11) is 0. The Morgan fingerprint density at radius 1 is 0.842 bits per heavy atom. The van der Waals surface area contributed by atoms with Crippen LogP contribution in [0, 0.1) is 0 Å². The molecule has 3 rings (SSSR count). The molecule has 0 amide bonds. The minimum absolute atomic E-state index is 0.238. The molecule has 2 atom stereocenters. The fourth-order valence-electron chi connectivity index (χ4n) is 2.34. The number of rotatable bonds is 2. The Labute approximate surface area is 116 Å². The Kier molecular flexibility index (Phi) is 3.60. The first-order chi connectivity index (χ1) is 9.33. The van der Waals surface area contributed by atoms with Crippen molar-refractivity contribution in [3.8, 4) is 0 Å². The minimum Gasteiger partial charge on any atom is -0.300 e. The first kappa shape index (κ1) is 12.4. The fraction of sp³-hybridized carbons (Fsp3) is 0.267. The summed E-state index contributed by atoms with van der Waals surface area (Å²) in [5, 5.41) is 0.477. The number of hydrogen-bond acceptors (Lipinski definition) is 4. The highest BCUT2D eigenvalue weighted by Gasteiger charge is 2.29. The predicted octanol–water partition coefficient (Wildman–Crippen LogP) is 3.36. The van der Waals surface area contributed by atoms with E-state index in [0.29, 0.717) is 18.6 Å². The summed E-state index contributed by atoms with van der Waals surface area (Å²) in [4.78, 5) is 20.1. The molecule has 0 N–H and O–H groups in total. The van der Waals surface area contributed by atoms with Crippen LogP contribution in [0.15, 0.2) is 49.1 Å². The minimum atomic E-state index is 0.238. The number of aromatic nitrogens is 2. The molecule has 3 heterocycles. The topological polar surface area (TPSA) is 42.9 Å². The predicted molar refractivity (Wildman–Crippen MR) is 75.8 cm³/mol. The van der Waals surface area contributed by atoms with Gasteiger partial charge in [-0.05, 0) is 35.4 Å². The molecule has 0 aromatic carbocycles. The highest BCUT2D eigenvalue weighted by atomic mass is 32.2. The average molecular weight is 270 g/mol. The van der Waals surface area contributed by atoms with Crippen molar-refractivity contribution in [2.24, 2.45) is 0 Å². The van der Waals surface area contributed by atoms with Crippen molar-refractivity contribution in [3.63, 3.8) is 0 Å². The van der Waals surface area contributed by atoms with Crippen LogP contribution in [-0.4, -0.2) is 15.8 Å². The van der Waals surface area contributed by atoms with Crippen LogP contribution in [0.25, 0.3) is 0 Å². The van der Waals surface area contributed by atoms with Crippen LogP contribution in [0.5, 0.6) is 0 Å². The van der Waals surface area contributed by atoms with Crippen molar-refractivity contribution < 1.29 is 4.79 Å². The maximum atomic E-state index is 12.0. The van der Waals surface area contributed by atoms with E-state index in [-0.39, 0.29) is 10.5 Å². The van der Waals surface area contributed by atoms with Crippen molar-refractivity contribution in [2.75, 3.05) is 0 Å². The molecule has 1 fully saturated rings. The molecule has 0 radical (unpaired) electrons. The lowest BCUT2D eigenvalue weighted by atomic mass is 10.0. The highest BCUT2D eigenvalue weighted by Crippen LogP contribution is 2.48. The van der Waals surface area contributed by atoms with E-state index in [1.54, 1.807) is 24.8 Å². The number of nitrogens with zero attached hydrogens (tertiary/aromatic N) is 2. The molecule has 4 heteroatoms. The Bertz CT molecular complexity index is 509. The molecular weight excluding hydrogens is 256 g/mol. The van der Waals surface area contributed by atoms with Crippen LogP contribution in [-0.2, 0) is 4.79 Å². The van der Waals surface area contributed by atoms with Gasteiger partial charge in [-0.15, -0.1) is 11.8 Å². The third kappa shape index (κ3) is 2.84.